The summed E-state index contributed by atoms with van der Waals surface area (Å²) in [6.07, 6.45) is 7.60. The molecule has 1 amide bonds. The van der Waals surface area contributed by atoms with E-state index in [2.05, 4.69) is 44.5 Å². The van der Waals surface area contributed by atoms with E-state index in [1.807, 2.05) is 12.1 Å². The number of benzene rings is 1. The Balaban J connectivity index is 1.05. The van der Waals surface area contributed by atoms with E-state index in [4.69, 9.17) is 9.47 Å². The molecular weight excluding hydrogens is 404 g/mol. The molecule has 2 aromatic heterocycles. The summed E-state index contributed by atoms with van der Waals surface area (Å²) in [5.74, 6) is 0.859. The largest absolute Gasteiger partial charge is 0.494 e. The molecule has 1 fully saturated rings. The zero-order valence-electron chi connectivity index (χ0n) is 18.5. The molecule has 1 aromatic carbocycles. The third-order valence-corrected chi connectivity index (χ3v) is 5.72. The van der Waals surface area contributed by atoms with E-state index in [-0.39, 0.29) is 5.91 Å². The lowest BCUT2D eigenvalue weighted by molar-refractivity contribution is 0.0342. The second-order valence-corrected chi connectivity index (χ2v) is 8.20. The Kier molecular flexibility index (Phi) is 8.11. The number of hydrogen-bond donors (Lipinski definition) is 2. The lowest BCUT2D eigenvalue weighted by Crippen LogP contribution is -2.35. The highest BCUT2D eigenvalue weighted by molar-refractivity contribution is 5.97. The molecule has 4 rings (SSSR count). The van der Waals surface area contributed by atoms with Crippen molar-refractivity contribution in [1.82, 2.24) is 20.2 Å². The van der Waals surface area contributed by atoms with Crippen LogP contribution in [0.1, 0.15) is 41.7 Å². The number of fused-ring (bicyclic) bond motifs is 1. The number of morpholine rings is 1. The van der Waals surface area contributed by atoms with E-state index in [0.717, 1.165) is 81.8 Å². The van der Waals surface area contributed by atoms with Crippen LogP contribution in [0.3, 0.4) is 0 Å². The topological polar surface area (TPSA) is 79.5 Å². The molecule has 1 aliphatic heterocycles. The predicted molar refractivity (Wildman–Crippen MR) is 125 cm³/mol. The van der Waals surface area contributed by atoms with Gasteiger partial charge >= 0.3 is 0 Å². The molecule has 0 bridgehead atoms. The molecule has 0 unspecified atom stereocenters. The predicted octanol–water partition coefficient (Wildman–Crippen LogP) is 3.76. The van der Waals surface area contributed by atoms with E-state index < -0.39 is 0 Å². The number of nitrogens with zero attached hydrogens (tertiary/aromatic N) is 2. The van der Waals surface area contributed by atoms with Gasteiger partial charge in [-0.05, 0) is 42.7 Å². The highest BCUT2D eigenvalue weighted by Crippen LogP contribution is 2.15. The Bertz CT molecular complexity index is 947. The first kappa shape index (κ1) is 22.3. The van der Waals surface area contributed by atoms with Gasteiger partial charge in [-0.25, -0.2) is 0 Å². The first-order valence-electron chi connectivity index (χ1n) is 11.5. The second-order valence-electron chi connectivity index (χ2n) is 8.20. The molecule has 3 heterocycles. The van der Waals surface area contributed by atoms with Gasteiger partial charge in [0.2, 0.25) is 0 Å². The fraction of sp³-hybridized carbons (Fsp3) is 0.440. The summed E-state index contributed by atoms with van der Waals surface area (Å²) in [7, 11) is 0. The monoisotopic (exact) mass is 436 g/mol. The van der Waals surface area contributed by atoms with Crippen LogP contribution in [0.2, 0.25) is 0 Å². The van der Waals surface area contributed by atoms with Crippen LogP contribution in [-0.2, 0) is 11.3 Å². The van der Waals surface area contributed by atoms with Crippen LogP contribution in [0.5, 0.6) is 5.75 Å². The first-order valence-corrected chi connectivity index (χ1v) is 11.5. The Labute approximate surface area is 189 Å². The van der Waals surface area contributed by atoms with Gasteiger partial charge in [-0.1, -0.05) is 25.0 Å². The fourth-order valence-electron chi connectivity index (χ4n) is 3.87. The normalized spacial score (nSPS) is 14.5. The van der Waals surface area contributed by atoms with Crippen LogP contribution in [-0.4, -0.2) is 60.2 Å². The Hall–Kier alpha value is -2.90. The number of ether oxygens (including phenoxy) is 2. The quantitative estimate of drug-likeness (QED) is 0.448. The summed E-state index contributed by atoms with van der Waals surface area (Å²) in [6.45, 7) is 6.03. The maximum absolute atomic E-state index is 12.3. The van der Waals surface area contributed by atoms with Gasteiger partial charge in [-0.3, -0.25) is 14.7 Å². The molecule has 1 saturated heterocycles. The van der Waals surface area contributed by atoms with Gasteiger partial charge in [0.25, 0.3) is 5.91 Å². The van der Waals surface area contributed by atoms with Gasteiger partial charge in [0.1, 0.15) is 11.4 Å². The fourth-order valence-corrected chi connectivity index (χ4v) is 3.87. The minimum atomic E-state index is -0.0680. The zero-order chi connectivity index (χ0) is 22.0. The highest BCUT2D eigenvalue weighted by Gasteiger charge is 2.11. The molecule has 170 valence electrons. The second kappa shape index (κ2) is 11.6. The van der Waals surface area contributed by atoms with Crippen molar-refractivity contribution in [2.24, 2.45) is 0 Å². The molecular formula is C25H32N4O3. The molecule has 32 heavy (non-hydrogen) atoms. The number of carbonyl (C=O) groups excluding carboxylic acids is 1. The Morgan fingerprint density at radius 1 is 1.09 bits per heavy atom. The number of rotatable bonds is 11. The average Bonchev–Trinajstić information content (AvgIpc) is 3.27. The van der Waals surface area contributed by atoms with Gasteiger partial charge in [0.15, 0.2) is 0 Å². The molecule has 2 N–H and O–H groups in total. The van der Waals surface area contributed by atoms with E-state index in [0.29, 0.717) is 12.2 Å². The minimum Gasteiger partial charge on any atom is -0.494 e. The third-order valence-electron chi connectivity index (χ3n) is 5.72. The molecule has 0 spiro atoms. The minimum absolute atomic E-state index is 0.0680. The molecule has 0 atom stereocenters. The molecule has 7 heteroatoms. The van der Waals surface area contributed by atoms with Crippen molar-refractivity contribution in [1.29, 1.82) is 0 Å². The molecule has 3 aromatic rings. The summed E-state index contributed by atoms with van der Waals surface area (Å²) in [6, 6.07) is 12.1. The maximum atomic E-state index is 12.3. The van der Waals surface area contributed by atoms with Gasteiger partial charge in [-0.2, -0.15) is 0 Å². The van der Waals surface area contributed by atoms with Gasteiger partial charge in [-0.15, -0.1) is 0 Å². The third kappa shape index (κ3) is 6.55. The van der Waals surface area contributed by atoms with Crippen LogP contribution in [0.15, 0.2) is 48.8 Å². The number of aromatic amines is 1. The van der Waals surface area contributed by atoms with E-state index in [9.17, 15) is 4.79 Å². The lowest BCUT2D eigenvalue weighted by Gasteiger charge is -2.26. The van der Waals surface area contributed by atoms with E-state index in [1.165, 1.54) is 5.56 Å². The van der Waals surface area contributed by atoms with Crippen molar-refractivity contribution in [2.45, 2.75) is 32.2 Å². The lowest BCUT2D eigenvalue weighted by atomic mass is 10.2. The van der Waals surface area contributed by atoms with Gasteiger partial charge in [0, 0.05) is 49.5 Å². The van der Waals surface area contributed by atoms with Crippen LogP contribution in [0.25, 0.3) is 10.9 Å². The summed E-state index contributed by atoms with van der Waals surface area (Å²) in [5, 5.41) is 3.93. The molecule has 1 aliphatic rings. The van der Waals surface area contributed by atoms with Crippen LogP contribution in [0.4, 0.5) is 0 Å². The number of nitrogens with one attached hydrogen (secondary N) is 2. The van der Waals surface area contributed by atoms with Gasteiger partial charge in [0.05, 0.1) is 19.8 Å². The SMILES string of the molecule is O=C(NCCCCCCOc1ccc(CN2CCOCC2)cc1)c1cc2cnccc2[nH]1. The number of pyridine rings is 1. The number of H-pyrrole nitrogens is 1. The number of unbranched alkanes of at least 4 members (excludes halogenated alkanes) is 3. The Morgan fingerprint density at radius 3 is 2.72 bits per heavy atom. The smallest absolute Gasteiger partial charge is 0.267 e. The van der Waals surface area contributed by atoms with E-state index in [1.54, 1.807) is 12.4 Å². The molecule has 0 saturated carbocycles. The summed E-state index contributed by atoms with van der Waals surface area (Å²) < 4.78 is 11.3. The van der Waals surface area contributed by atoms with Crippen molar-refractivity contribution < 1.29 is 14.3 Å². The van der Waals surface area contributed by atoms with Crippen LogP contribution in [0, 0.1) is 0 Å². The maximum Gasteiger partial charge on any atom is 0.267 e. The van der Waals surface area contributed by atoms with Crippen molar-refractivity contribution in [3.8, 4) is 5.75 Å². The molecule has 0 aliphatic carbocycles. The zero-order valence-corrected chi connectivity index (χ0v) is 18.5. The van der Waals surface area contributed by atoms with Crippen molar-refractivity contribution in [3.63, 3.8) is 0 Å². The summed E-state index contributed by atoms with van der Waals surface area (Å²) in [4.78, 5) is 21.9. The number of carbonyl (C=O) groups is 1. The van der Waals surface area contributed by atoms with Crippen molar-refractivity contribution >= 4 is 16.8 Å². The number of hydrogen-bond acceptors (Lipinski definition) is 5. The van der Waals surface area contributed by atoms with Crippen LogP contribution >= 0.6 is 0 Å². The number of amides is 1. The van der Waals surface area contributed by atoms with Crippen molar-refractivity contribution in [3.05, 3.63) is 60.0 Å². The van der Waals surface area contributed by atoms with Crippen molar-refractivity contribution in [2.75, 3.05) is 39.5 Å². The molecule has 7 nitrogen and oxygen atoms in total. The Morgan fingerprint density at radius 2 is 1.91 bits per heavy atom. The summed E-state index contributed by atoms with van der Waals surface area (Å²) >= 11 is 0. The summed E-state index contributed by atoms with van der Waals surface area (Å²) in [5.41, 5.74) is 2.82. The molecule has 0 radical (unpaired) electrons. The van der Waals surface area contributed by atoms with E-state index >= 15 is 0 Å². The standard InChI is InChI=1S/C25H32N4O3/c30-25(24-17-21-18-26-11-9-23(21)28-24)27-10-3-1-2-4-14-32-22-7-5-20(6-8-22)19-29-12-15-31-16-13-29/h5-9,11,17-18,28H,1-4,10,12-16,19H2,(H,27,30). The first-order chi connectivity index (χ1) is 15.8. The van der Waals surface area contributed by atoms with Crippen LogP contribution < -0.4 is 10.1 Å². The highest BCUT2D eigenvalue weighted by atomic mass is 16.5. The number of aromatic nitrogens is 2. The van der Waals surface area contributed by atoms with Gasteiger partial charge < -0.3 is 19.8 Å². The average molecular weight is 437 g/mol.